The molecule has 4 rings (SSSR count). The lowest BCUT2D eigenvalue weighted by atomic mass is 10.2. The number of phenolic OH excluding ortho intramolecular Hbond substituents is 2. The molecule has 0 spiro atoms. The van der Waals surface area contributed by atoms with Crippen LogP contribution in [0.25, 0.3) is 17.0 Å². The Kier molecular flexibility index (Phi) is 4.31. The Morgan fingerprint density at radius 3 is 2.59 bits per heavy atom. The molecule has 134 valence electrons. The van der Waals surface area contributed by atoms with E-state index in [1.54, 1.807) is 34.8 Å². The molecule has 8 nitrogen and oxygen atoms in total. The molecule has 0 aliphatic heterocycles. The van der Waals surface area contributed by atoms with Crippen molar-refractivity contribution in [1.29, 1.82) is 0 Å². The van der Waals surface area contributed by atoms with E-state index in [9.17, 15) is 10.2 Å². The maximum Gasteiger partial charge on any atom is 0.185 e. The van der Waals surface area contributed by atoms with Gasteiger partial charge in [-0.3, -0.25) is 5.43 Å². The molecule has 0 amide bonds. The minimum Gasteiger partial charge on any atom is -0.508 e. The van der Waals surface area contributed by atoms with Crippen LogP contribution in [0.5, 0.6) is 11.5 Å². The summed E-state index contributed by atoms with van der Waals surface area (Å²) in [6.45, 7) is 0. The predicted molar refractivity (Wildman–Crippen MR) is 102 cm³/mol. The van der Waals surface area contributed by atoms with Crippen LogP contribution in [0.4, 0.5) is 5.82 Å². The first-order chi connectivity index (χ1) is 13.1. The Balaban J connectivity index is 1.60. The molecule has 0 saturated carbocycles. The van der Waals surface area contributed by atoms with Gasteiger partial charge >= 0.3 is 0 Å². The van der Waals surface area contributed by atoms with Crippen molar-refractivity contribution in [3.05, 3.63) is 65.2 Å². The first kappa shape index (κ1) is 16.8. The second-order valence-electron chi connectivity index (χ2n) is 5.63. The molecule has 9 heteroatoms. The maximum absolute atomic E-state index is 9.76. The van der Waals surface area contributed by atoms with E-state index in [4.69, 9.17) is 11.6 Å². The third-order valence-electron chi connectivity index (χ3n) is 3.76. The maximum atomic E-state index is 9.76. The summed E-state index contributed by atoms with van der Waals surface area (Å²) in [5.41, 5.74) is 4.66. The van der Waals surface area contributed by atoms with Gasteiger partial charge in [0.2, 0.25) is 0 Å². The lowest BCUT2D eigenvalue weighted by molar-refractivity contribution is 0.450. The largest absolute Gasteiger partial charge is 0.508 e. The predicted octanol–water partition coefficient (Wildman–Crippen LogP) is 3.30. The van der Waals surface area contributed by atoms with E-state index in [0.717, 1.165) is 5.56 Å². The molecule has 0 aliphatic rings. The van der Waals surface area contributed by atoms with Gasteiger partial charge in [-0.15, -0.1) is 15.3 Å². The number of aromatic hydroxyl groups is 2. The molecule has 0 unspecified atom stereocenters. The summed E-state index contributed by atoms with van der Waals surface area (Å²) in [7, 11) is 0. The molecule has 0 saturated heterocycles. The van der Waals surface area contributed by atoms with Gasteiger partial charge in [-0.05, 0) is 48.5 Å². The van der Waals surface area contributed by atoms with E-state index in [1.807, 2.05) is 12.1 Å². The van der Waals surface area contributed by atoms with Crippen molar-refractivity contribution in [2.75, 3.05) is 5.43 Å². The Morgan fingerprint density at radius 1 is 1.00 bits per heavy atom. The van der Waals surface area contributed by atoms with Crippen LogP contribution in [-0.2, 0) is 0 Å². The van der Waals surface area contributed by atoms with E-state index in [0.29, 0.717) is 27.9 Å². The normalized spacial score (nSPS) is 11.3. The first-order valence-electron chi connectivity index (χ1n) is 7.89. The lowest BCUT2D eigenvalue weighted by Crippen LogP contribution is -2.00. The molecule has 0 aliphatic carbocycles. The van der Waals surface area contributed by atoms with Crippen LogP contribution in [0.2, 0.25) is 5.02 Å². The number of nitrogens with one attached hydrogen (secondary N) is 1. The van der Waals surface area contributed by atoms with Gasteiger partial charge in [0.1, 0.15) is 11.5 Å². The van der Waals surface area contributed by atoms with E-state index < -0.39 is 0 Å². The fourth-order valence-electron chi connectivity index (χ4n) is 2.44. The van der Waals surface area contributed by atoms with Gasteiger partial charge < -0.3 is 10.2 Å². The third kappa shape index (κ3) is 3.51. The number of anilines is 1. The summed E-state index contributed by atoms with van der Waals surface area (Å²) >= 11 is 5.93. The smallest absolute Gasteiger partial charge is 0.185 e. The van der Waals surface area contributed by atoms with Gasteiger partial charge in [-0.1, -0.05) is 11.6 Å². The number of benzene rings is 2. The topological polar surface area (TPSA) is 108 Å². The Hall–Kier alpha value is -3.65. The lowest BCUT2D eigenvalue weighted by Gasteiger charge is -2.03. The van der Waals surface area contributed by atoms with Gasteiger partial charge in [0.15, 0.2) is 17.3 Å². The number of hydrogen-bond donors (Lipinski definition) is 3. The van der Waals surface area contributed by atoms with Crippen molar-refractivity contribution in [3.8, 4) is 22.9 Å². The molecule has 2 aromatic heterocycles. The van der Waals surface area contributed by atoms with Crippen molar-refractivity contribution in [3.63, 3.8) is 0 Å². The van der Waals surface area contributed by atoms with Crippen LogP contribution in [0.1, 0.15) is 5.56 Å². The minimum absolute atomic E-state index is 0.0212. The molecule has 4 aromatic rings. The summed E-state index contributed by atoms with van der Waals surface area (Å²) in [5, 5.41) is 36.5. The number of rotatable bonds is 4. The van der Waals surface area contributed by atoms with Crippen molar-refractivity contribution in [2.45, 2.75) is 0 Å². The van der Waals surface area contributed by atoms with Crippen LogP contribution >= 0.6 is 11.6 Å². The average molecular weight is 381 g/mol. The number of fused-ring (bicyclic) bond motifs is 1. The molecule has 2 aromatic carbocycles. The van der Waals surface area contributed by atoms with E-state index >= 15 is 0 Å². The molecule has 0 atom stereocenters. The third-order valence-corrected chi connectivity index (χ3v) is 4.01. The molecule has 0 bridgehead atoms. The molecule has 27 heavy (non-hydrogen) atoms. The molecule has 0 fully saturated rings. The van der Waals surface area contributed by atoms with Crippen LogP contribution in [0.15, 0.2) is 59.7 Å². The van der Waals surface area contributed by atoms with Crippen LogP contribution in [0, 0.1) is 0 Å². The number of hydrazone groups is 1. The quantitative estimate of drug-likeness (QED) is 0.370. The zero-order chi connectivity index (χ0) is 18.8. The van der Waals surface area contributed by atoms with Gasteiger partial charge in [0.25, 0.3) is 0 Å². The molecule has 0 radical (unpaired) electrons. The molecular formula is C18H13ClN6O2. The van der Waals surface area contributed by atoms with Crippen LogP contribution < -0.4 is 5.43 Å². The summed E-state index contributed by atoms with van der Waals surface area (Å²) in [5.74, 6) is 0.942. The Labute approximate surface area is 158 Å². The van der Waals surface area contributed by atoms with E-state index in [-0.39, 0.29) is 11.5 Å². The first-order valence-corrected chi connectivity index (χ1v) is 8.27. The molecule has 3 N–H and O–H groups in total. The summed E-state index contributed by atoms with van der Waals surface area (Å²) in [6.07, 6.45) is 1.42. The number of hydrogen-bond acceptors (Lipinski definition) is 7. The van der Waals surface area contributed by atoms with Crippen molar-refractivity contribution in [1.82, 2.24) is 19.8 Å². The Morgan fingerprint density at radius 2 is 1.81 bits per heavy atom. The highest BCUT2D eigenvalue weighted by atomic mass is 35.5. The molecule has 2 heterocycles. The zero-order valence-electron chi connectivity index (χ0n) is 13.8. The number of nitrogens with zero attached hydrogens (tertiary/aromatic N) is 5. The highest BCUT2D eigenvalue weighted by molar-refractivity contribution is 6.30. The van der Waals surface area contributed by atoms with Gasteiger partial charge in [-0.2, -0.15) is 9.62 Å². The Bertz CT molecular complexity index is 1140. The number of halogens is 1. The summed E-state index contributed by atoms with van der Waals surface area (Å²) < 4.78 is 1.60. The monoisotopic (exact) mass is 380 g/mol. The average Bonchev–Trinajstić information content (AvgIpc) is 3.07. The second kappa shape index (κ2) is 6.93. The van der Waals surface area contributed by atoms with E-state index in [2.05, 4.69) is 25.8 Å². The number of aromatic nitrogens is 4. The summed E-state index contributed by atoms with van der Waals surface area (Å²) in [4.78, 5) is 0. The standard InChI is InChI=1S/C18H13ClN6O2/c19-13-4-1-11(2-5-13)18-23-22-17-8-7-16(24-25(17)18)21-20-10-12-3-6-14(26)9-15(12)27/h1-10,26-27H,(H,21,24). The van der Waals surface area contributed by atoms with Crippen molar-refractivity contribution < 1.29 is 10.2 Å². The number of phenols is 2. The van der Waals surface area contributed by atoms with Gasteiger partial charge in [0.05, 0.1) is 6.21 Å². The highest BCUT2D eigenvalue weighted by Crippen LogP contribution is 2.22. The van der Waals surface area contributed by atoms with Gasteiger partial charge in [0, 0.05) is 22.2 Å². The second-order valence-corrected chi connectivity index (χ2v) is 6.07. The van der Waals surface area contributed by atoms with Crippen molar-refractivity contribution >= 4 is 29.3 Å². The van der Waals surface area contributed by atoms with E-state index in [1.165, 1.54) is 18.3 Å². The molecular weight excluding hydrogens is 368 g/mol. The minimum atomic E-state index is -0.0761. The SMILES string of the molecule is Oc1ccc(C=NNc2ccc3nnc(-c4ccc(Cl)cc4)n3n2)c(O)c1. The zero-order valence-corrected chi connectivity index (χ0v) is 14.5. The van der Waals surface area contributed by atoms with Crippen molar-refractivity contribution in [2.24, 2.45) is 5.10 Å². The van der Waals surface area contributed by atoms with Crippen LogP contribution in [-0.4, -0.2) is 36.2 Å². The van der Waals surface area contributed by atoms with Crippen LogP contribution in [0.3, 0.4) is 0 Å². The fraction of sp³-hybridized carbons (Fsp3) is 0. The summed E-state index contributed by atoms with van der Waals surface area (Å²) in [6, 6.07) is 14.9. The highest BCUT2D eigenvalue weighted by Gasteiger charge is 2.10. The van der Waals surface area contributed by atoms with Gasteiger partial charge in [-0.25, -0.2) is 0 Å². The fourth-order valence-corrected chi connectivity index (χ4v) is 2.56.